The predicted molar refractivity (Wildman–Crippen MR) is 192 cm³/mol. The Labute approximate surface area is 285 Å². The molecule has 9 heteroatoms. The summed E-state index contributed by atoms with van der Waals surface area (Å²) in [7, 11) is 2.52. The number of rotatable bonds is 37. The molecule has 2 atom stereocenters. The first-order valence-corrected chi connectivity index (χ1v) is 20.7. The summed E-state index contributed by atoms with van der Waals surface area (Å²) in [6.45, 7) is 5.70. The van der Waals surface area contributed by atoms with E-state index < -0.39 is 13.9 Å². The number of nitrogens with zero attached hydrogens (tertiary/aromatic N) is 1. The third kappa shape index (κ3) is 36.5. The van der Waals surface area contributed by atoms with E-state index in [1.807, 2.05) is 0 Å². The molecule has 0 heterocycles. The fourth-order valence-electron chi connectivity index (χ4n) is 5.49. The molecule has 1 N–H and O–H groups in total. The van der Waals surface area contributed by atoms with Crippen molar-refractivity contribution in [1.82, 2.24) is 0 Å². The third-order valence-corrected chi connectivity index (χ3v) is 9.35. The number of carbonyl (C=O) groups is 1. The Morgan fingerprint density at radius 1 is 0.609 bits per heavy atom. The highest BCUT2D eigenvalue weighted by Crippen LogP contribution is 2.43. The minimum atomic E-state index is -4.18. The SMILES string of the molecule is CCCCCCCCCCCCCCCCCCOCC(COP(=O)(O)OCCCCCCCCCC[N+](C)(C)C)OCC(C)=O. The van der Waals surface area contributed by atoms with Crippen molar-refractivity contribution in [2.24, 2.45) is 0 Å². The van der Waals surface area contributed by atoms with E-state index in [-0.39, 0.29) is 32.2 Å². The molecule has 0 radical (unpaired) electrons. The van der Waals surface area contributed by atoms with Crippen molar-refractivity contribution in [2.45, 2.75) is 174 Å². The maximum Gasteiger partial charge on any atom is 0.472 e. The van der Waals surface area contributed by atoms with Crippen LogP contribution in [-0.2, 0) is 27.9 Å². The summed E-state index contributed by atoms with van der Waals surface area (Å²) in [6, 6.07) is 0. The molecule has 0 aromatic heterocycles. The highest BCUT2D eigenvalue weighted by Gasteiger charge is 2.24. The lowest BCUT2D eigenvalue weighted by Crippen LogP contribution is -2.35. The summed E-state index contributed by atoms with van der Waals surface area (Å²) < 4.78 is 35.1. The van der Waals surface area contributed by atoms with Crippen LogP contribution in [0.1, 0.15) is 168 Å². The molecule has 46 heavy (non-hydrogen) atoms. The van der Waals surface area contributed by atoms with E-state index in [9.17, 15) is 14.3 Å². The predicted octanol–water partition coefficient (Wildman–Crippen LogP) is 10.2. The van der Waals surface area contributed by atoms with E-state index in [2.05, 4.69) is 28.1 Å². The molecule has 8 nitrogen and oxygen atoms in total. The summed E-state index contributed by atoms with van der Waals surface area (Å²) in [5.74, 6) is -0.115. The number of ketones is 1. The molecule has 0 aliphatic carbocycles. The zero-order valence-corrected chi connectivity index (χ0v) is 32.0. The Morgan fingerprint density at radius 2 is 1.02 bits per heavy atom. The number of quaternary nitrogens is 1. The molecule has 0 rings (SSSR count). The van der Waals surface area contributed by atoms with Crippen molar-refractivity contribution in [1.29, 1.82) is 0 Å². The van der Waals surface area contributed by atoms with Crippen LogP contribution >= 0.6 is 7.82 Å². The molecule has 0 saturated carbocycles. The summed E-state index contributed by atoms with van der Waals surface area (Å²) in [5, 5.41) is 0. The fraction of sp³-hybridized carbons (Fsp3) is 0.973. The Bertz CT molecular complexity index is 716. The monoisotopic (exact) mass is 679 g/mol. The number of ether oxygens (including phenoxy) is 2. The highest BCUT2D eigenvalue weighted by atomic mass is 31.2. The minimum absolute atomic E-state index is 0.0805. The van der Waals surface area contributed by atoms with E-state index in [0.717, 1.165) is 36.6 Å². The smallest absolute Gasteiger partial charge is 0.379 e. The van der Waals surface area contributed by atoms with Gasteiger partial charge in [0.1, 0.15) is 12.7 Å². The zero-order valence-electron chi connectivity index (χ0n) is 31.1. The summed E-state index contributed by atoms with van der Waals surface area (Å²) in [5.41, 5.74) is 0. The quantitative estimate of drug-likeness (QED) is 0.0397. The van der Waals surface area contributed by atoms with Gasteiger partial charge in [0.2, 0.25) is 0 Å². The molecular weight excluding hydrogens is 601 g/mol. The van der Waals surface area contributed by atoms with Gasteiger partial charge in [0.05, 0.1) is 47.5 Å². The molecular formula is C37H77NO7P+. The molecule has 0 aliphatic heterocycles. The Hall–Kier alpha value is -0.340. The van der Waals surface area contributed by atoms with Crippen molar-refractivity contribution >= 4 is 13.6 Å². The van der Waals surface area contributed by atoms with Crippen LogP contribution in [0, 0.1) is 0 Å². The number of hydrogen-bond donors (Lipinski definition) is 1. The third-order valence-electron chi connectivity index (χ3n) is 8.37. The second-order valence-electron chi connectivity index (χ2n) is 14.5. The van der Waals surface area contributed by atoms with Crippen LogP contribution in [0.15, 0.2) is 0 Å². The lowest BCUT2D eigenvalue weighted by atomic mass is 10.0. The second kappa shape index (κ2) is 31.9. The highest BCUT2D eigenvalue weighted by molar-refractivity contribution is 7.47. The summed E-state index contributed by atoms with van der Waals surface area (Å²) in [6.07, 6.45) is 29.6. The summed E-state index contributed by atoms with van der Waals surface area (Å²) >= 11 is 0. The normalized spacial score (nSPS) is 14.0. The van der Waals surface area contributed by atoms with Gasteiger partial charge in [-0.05, 0) is 32.6 Å². The lowest BCUT2D eigenvalue weighted by Gasteiger charge is -2.23. The second-order valence-corrected chi connectivity index (χ2v) is 15.9. The van der Waals surface area contributed by atoms with Gasteiger partial charge in [-0.2, -0.15) is 0 Å². The summed E-state index contributed by atoms with van der Waals surface area (Å²) in [4.78, 5) is 21.5. The number of phosphoric ester groups is 1. The van der Waals surface area contributed by atoms with Gasteiger partial charge in [-0.25, -0.2) is 4.57 Å². The fourth-order valence-corrected chi connectivity index (χ4v) is 6.28. The lowest BCUT2D eigenvalue weighted by molar-refractivity contribution is -0.870. The van der Waals surface area contributed by atoms with E-state index in [4.69, 9.17) is 18.5 Å². The van der Waals surface area contributed by atoms with E-state index in [1.165, 1.54) is 135 Å². The number of Topliss-reactive ketones (excluding diaryl/α,β-unsaturated/α-hetero) is 1. The molecule has 0 saturated heterocycles. The standard InChI is InChI=1S/C37H76NO7P/c1-6-7-8-9-10-11-12-13-14-15-16-17-19-22-25-28-31-42-34-37(43-33-36(2)39)35-45-46(40,41)44-32-29-26-23-20-18-21-24-27-30-38(3,4)5/h37H,6-35H2,1-5H3/p+1. The molecule has 0 aliphatic rings. The molecule has 276 valence electrons. The maximum atomic E-state index is 12.4. The Morgan fingerprint density at radius 3 is 1.46 bits per heavy atom. The number of hydrogen-bond acceptors (Lipinski definition) is 6. The topological polar surface area (TPSA) is 91.3 Å². The van der Waals surface area contributed by atoms with E-state index in [1.54, 1.807) is 0 Å². The van der Waals surface area contributed by atoms with Crippen LogP contribution in [0.3, 0.4) is 0 Å². The van der Waals surface area contributed by atoms with Gasteiger partial charge in [0.25, 0.3) is 0 Å². The molecule has 0 aromatic rings. The van der Waals surface area contributed by atoms with Crippen LogP contribution in [0.2, 0.25) is 0 Å². The van der Waals surface area contributed by atoms with Crippen molar-refractivity contribution in [3.05, 3.63) is 0 Å². The van der Waals surface area contributed by atoms with Crippen LogP contribution in [0.25, 0.3) is 0 Å². The first kappa shape index (κ1) is 45.7. The number of unbranched alkanes of at least 4 members (excludes halogenated alkanes) is 22. The molecule has 0 bridgehead atoms. The van der Waals surface area contributed by atoms with E-state index in [0.29, 0.717) is 6.61 Å². The average Bonchev–Trinajstić information content (AvgIpc) is 2.99. The van der Waals surface area contributed by atoms with Crippen LogP contribution in [0.4, 0.5) is 0 Å². The van der Waals surface area contributed by atoms with Crippen molar-refractivity contribution in [2.75, 3.05) is 60.7 Å². The average molecular weight is 679 g/mol. The van der Waals surface area contributed by atoms with Gasteiger partial charge in [-0.1, -0.05) is 135 Å². The van der Waals surface area contributed by atoms with Crippen molar-refractivity contribution < 1.29 is 37.3 Å². The van der Waals surface area contributed by atoms with Gasteiger partial charge in [0.15, 0.2) is 5.78 Å². The molecule has 2 unspecified atom stereocenters. The molecule has 0 amide bonds. The first-order chi connectivity index (χ1) is 22.1. The largest absolute Gasteiger partial charge is 0.472 e. The number of carbonyl (C=O) groups excluding carboxylic acids is 1. The van der Waals surface area contributed by atoms with Crippen LogP contribution in [0.5, 0.6) is 0 Å². The molecule has 0 spiro atoms. The minimum Gasteiger partial charge on any atom is -0.379 e. The molecule has 0 fully saturated rings. The van der Waals surface area contributed by atoms with Gasteiger partial charge in [-0.3, -0.25) is 13.8 Å². The van der Waals surface area contributed by atoms with Crippen molar-refractivity contribution in [3.63, 3.8) is 0 Å². The first-order valence-electron chi connectivity index (χ1n) is 19.2. The van der Waals surface area contributed by atoms with Gasteiger partial charge >= 0.3 is 7.82 Å². The maximum absolute atomic E-state index is 12.4. The zero-order chi connectivity index (χ0) is 34.2. The molecule has 0 aromatic carbocycles. The van der Waals surface area contributed by atoms with Gasteiger partial charge in [-0.15, -0.1) is 0 Å². The van der Waals surface area contributed by atoms with E-state index >= 15 is 0 Å². The van der Waals surface area contributed by atoms with Crippen molar-refractivity contribution in [3.8, 4) is 0 Å². The number of phosphoric acid groups is 1. The van der Waals surface area contributed by atoms with Crippen LogP contribution in [-0.4, -0.2) is 82.0 Å². The van der Waals surface area contributed by atoms with Gasteiger partial charge in [0, 0.05) is 6.61 Å². The Kier molecular flexibility index (Phi) is 31.7. The van der Waals surface area contributed by atoms with Gasteiger partial charge < -0.3 is 18.9 Å². The Balaban J connectivity index is 3.81. The van der Waals surface area contributed by atoms with Crippen LogP contribution < -0.4 is 0 Å².